The second kappa shape index (κ2) is 14.2. The van der Waals surface area contributed by atoms with E-state index in [1.807, 2.05) is 36.5 Å². The van der Waals surface area contributed by atoms with Crippen molar-refractivity contribution in [1.29, 1.82) is 0 Å². The molecule has 0 unspecified atom stereocenters. The molecule has 164 valence electrons. The Labute approximate surface area is 196 Å². The lowest BCUT2D eigenvalue weighted by molar-refractivity contribution is 0.0322. The van der Waals surface area contributed by atoms with E-state index in [2.05, 4.69) is 37.6 Å². The number of hydrogen-bond acceptors (Lipinski definition) is 5. The highest BCUT2D eigenvalue weighted by Crippen LogP contribution is 2.13. The van der Waals surface area contributed by atoms with Gasteiger partial charge in [0, 0.05) is 58.1 Å². The first kappa shape index (κ1) is 24.4. The lowest BCUT2D eigenvalue weighted by Crippen LogP contribution is -2.38. The number of morpholine rings is 1. The lowest BCUT2D eigenvalue weighted by Gasteiger charge is -2.26. The number of nitrogens with one attached hydrogen (secondary N) is 2. The van der Waals surface area contributed by atoms with Gasteiger partial charge in [-0.3, -0.25) is 14.9 Å². The molecule has 0 bridgehead atoms. The summed E-state index contributed by atoms with van der Waals surface area (Å²) in [5.41, 5.74) is 2.22. The minimum absolute atomic E-state index is 0. The number of ether oxygens (including phenoxy) is 2. The zero-order chi connectivity index (χ0) is 20.2. The van der Waals surface area contributed by atoms with Gasteiger partial charge < -0.3 is 20.1 Å². The van der Waals surface area contributed by atoms with Crippen molar-refractivity contribution >= 4 is 29.9 Å². The second-order valence-electron chi connectivity index (χ2n) is 6.87. The molecule has 1 aliphatic rings. The summed E-state index contributed by atoms with van der Waals surface area (Å²) in [5.74, 6) is 1.68. The van der Waals surface area contributed by atoms with Crippen LogP contribution in [-0.4, -0.2) is 68.9 Å². The van der Waals surface area contributed by atoms with Gasteiger partial charge in [-0.2, -0.15) is 0 Å². The smallest absolute Gasteiger partial charge is 0.191 e. The molecule has 0 radical (unpaired) electrons. The van der Waals surface area contributed by atoms with Crippen molar-refractivity contribution < 1.29 is 9.47 Å². The van der Waals surface area contributed by atoms with Crippen molar-refractivity contribution in [2.24, 2.45) is 4.99 Å². The lowest BCUT2D eigenvalue weighted by atomic mass is 10.2. The van der Waals surface area contributed by atoms with Gasteiger partial charge in [0.2, 0.25) is 0 Å². The van der Waals surface area contributed by atoms with E-state index in [1.54, 1.807) is 7.05 Å². The summed E-state index contributed by atoms with van der Waals surface area (Å²) in [6, 6.07) is 14.2. The zero-order valence-corrected chi connectivity index (χ0v) is 19.9. The van der Waals surface area contributed by atoms with E-state index in [0.717, 1.165) is 68.8 Å². The molecule has 2 N–H and O–H groups in total. The predicted octanol–water partition coefficient (Wildman–Crippen LogP) is 2.32. The fourth-order valence-electron chi connectivity index (χ4n) is 3.12. The van der Waals surface area contributed by atoms with Crippen LogP contribution in [0.4, 0.5) is 0 Å². The molecule has 1 fully saturated rings. The fraction of sp³-hybridized carbons (Fsp3) is 0.455. The summed E-state index contributed by atoms with van der Waals surface area (Å²) < 4.78 is 11.3. The van der Waals surface area contributed by atoms with Gasteiger partial charge in [0.05, 0.1) is 13.2 Å². The van der Waals surface area contributed by atoms with Crippen LogP contribution in [0.3, 0.4) is 0 Å². The predicted molar refractivity (Wildman–Crippen MR) is 131 cm³/mol. The molecule has 3 rings (SSSR count). The first-order valence-corrected chi connectivity index (χ1v) is 10.2. The SMILES string of the molecule is CN=C(NCCc1ccccn1)NCc1cccc(OCCN2CCOCC2)c1.I. The Morgan fingerprint density at radius 3 is 2.80 bits per heavy atom. The molecule has 0 saturated carbocycles. The molecular formula is C22H32IN5O2. The largest absolute Gasteiger partial charge is 0.492 e. The molecule has 8 heteroatoms. The van der Waals surface area contributed by atoms with Crippen molar-refractivity contribution in [3.8, 4) is 5.75 Å². The average Bonchev–Trinajstić information content (AvgIpc) is 2.78. The fourth-order valence-corrected chi connectivity index (χ4v) is 3.12. The molecule has 1 saturated heterocycles. The van der Waals surface area contributed by atoms with E-state index in [1.165, 1.54) is 0 Å². The summed E-state index contributed by atoms with van der Waals surface area (Å²) >= 11 is 0. The van der Waals surface area contributed by atoms with Crippen molar-refractivity contribution in [2.45, 2.75) is 13.0 Å². The maximum atomic E-state index is 5.93. The number of aromatic nitrogens is 1. The number of aliphatic imine (C=N–C) groups is 1. The summed E-state index contributed by atoms with van der Waals surface area (Å²) in [5, 5.41) is 6.67. The zero-order valence-electron chi connectivity index (χ0n) is 17.5. The Kier molecular flexibility index (Phi) is 11.5. The quantitative estimate of drug-likeness (QED) is 0.298. The van der Waals surface area contributed by atoms with Crippen LogP contribution in [0.2, 0.25) is 0 Å². The topological polar surface area (TPSA) is 71.0 Å². The molecule has 2 aromatic rings. The van der Waals surface area contributed by atoms with Crippen LogP contribution in [0.1, 0.15) is 11.3 Å². The molecule has 0 spiro atoms. The van der Waals surface area contributed by atoms with Gasteiger partial charge in [0.15, 0.2) is 5.96 Å². The molecule has 0 aliphatic carbocycles. The van der Waals surface area contributed by atoms with Crippen LogP contribution in [0.5, 0.6) is 5.75 Å². The number of nitrogens with zero attached hydrogens (tertiary/aromatic N) is 3. The van der Waals surface area contributed by atoms with Gasteiger partial charge in [-0.15, -0.1) is 24.0 Å². The van der Waals surface area contributed by atoms with Gasteiger partial charge >= 0.3 is 0 Å². The number of pyridine rings is 1. The minimum atomic E-state index is 0. The third kappa shape index (κ3) is 8.85. The van der Waals surface area contributed by atoms with E-state index in [4.69, 9.17) is 9.47 Å². The maximum absolute atomic E-state index is 5.93. The monoisotopic (exact) mass is 525 g/mol. The molecule has 1 aromatic carbocycles. The average molecular weight is 525 g/mol. The molecular weight excluding hydrogens is 493 g/mol. The Hall–Kier alpha value is -1.91. The number of guanidine groups is 1. The van der Waals surface area contributed by atoms with Crippen molar-refractivity contribution in [1.82, 2.24) is 20.5 Å². The van der Waals surface area contributed by atoms with Crippen LogP contribution < -0.4 is 15.4 Å². The van der Waals surface area contributed by atoms with Crippen molar-refractivity contribution in [3.63, 3.8) is 0 Å². The van der Waals surface area contributed by atoms with Crippen LogP contribution in [-0.2, 0) is 17.7 Å². The molecule has 2 heterocycles. The minimum Gasteiger partial charge on any atom is -0.492 e. The van der Waals surface area contributed by atoms with E-state index in [0.29, 0.717) is 13.2 Å². The highest BCUT2D eigenvalue weighted by molar-refractivity contribution is 14.0. The molecule has 0 amide bonds. The molecule has 1 aromatic heterocycles. The van der Waals surface area contributed by atoms with E-state index in [9.17, 15) is 0 Å². The summed E-state index contributed by atoms with van der Waals surface area (Å²) in [7, 11) is 1.78. The Balaban J connectivity index is 0.00000320. The van der Waals surface area contributed by atoms with E-state index < -0.39 is 0 Å². The Bertz CT molecular complexity index is 754. The summed E-state index contributed by atoms with van der Waals surface area (Å²) in [6.45, 7) is 6.69. The molecule has 30 heavy (non-hydrogen) atoms. The van der Waals surface area contributed by atoms with Gasteiger partial charge in [0.1, 0.15) is 12.4 Å². The highest BCUT2D eigenvalue weighted by Gasteiger charge is 2.09. The normalized spacial score (nSPS) is 14.6. The Morgan fingerprint density at radius 2 is 2.03 bits per heavy atom. The maximum Gasteiger partial charge on any atom is 0.191 e. The number of hydrogen-bond donors (Lipinski definition) is 2. The van der Waals surface area contributed by atoms with Gasteiger partial charge in [-0.05, 0) is 29.8 Å². The van der Waals surface area contributed by atoms with E-state index in [-0.39, 0.29) is 24.0 Å². The second-order valence-corrected chi connectivity index (χ2v) is 6.87. The van der Waals surface area contributed by atoms with Crippen LogP contribution in [0.15, 0.2) is 53.7 Å². The molecule has 0 atom stereocenters. The van der Waals surface area contributed by atoms with E-state index >= 15 is 0 Å². The number of halogens is 1. The van der Waals surface area contributed by atoms with Gasteiger partial charge in [0.25, 0.3) is 0 Å². The summed E-state index contributed by atoms with van der Waals surface area (Å²) in [4.78, 5) is 11.0. The highest BCUT2D eigenvalue weighted by atomic mass is 127. The third-order valence-electron chi connectivity index (χ3n) is 4.76. The number of rotatable bonds is 9. The molecule has 7 nitrogen and oxygen atoms in total. The van der Waals surface area contributed by atoms with Crippen molar-refractivity contribution in [3.05, 3.63) is 59.9 Å². The Morgan fingerprint density at radius 1 is 1.17 bits per heavy atom. The first-order valence-electron chi connectivity index (χ1n) is 10.2. The van der Waals surface area contributed by atoms with Crippen molar-refractivity contribution in [2.75, 3.05) is 53.0 Å². The van der Waals surface area contributed by atoms with Gasteiger partial charge in [-0.25, -0.2) is 0 Å². The number of benzene rings is 1. The van der Waals surface area contributed by atoms with Crippen LogP contribution in [0, 0.1) is 0 Å². The first-order chi connectivity index (χ1) is 14.3. The van der Waals surface area contributed by atoms with Crippen LogP contribution in [0.25, 0.3) is 0 Å². The van der Waals surface area contributed by atoms with Crippen LogP contribution >= 0.6 is 24.0 Å². The third-order valence-corrected chi connectivity index (χ3v) is 4.76. The van der Waals surface area contributed by atoms with Gasteiger partial charge in [-0.1, -0.05) is 18.2 Å². The summed E-state index contributed by atoms with van der Waals surface area (Å²) in [6.07, 6.45) is 2.67. The standard InChI is InChI=1S/C22H31N5O2.HI/c1-23-22(25-10-8-20-6-2-3-9-24-20)26-18-19-5-4-7-21(17-19)29-16-13-27-11-14-28-15-12-27;/h2-7,9,17H,8,10-16,18H2,1H3,(H2,23,25,26);1H. The molecule has 1 aliphatic heterocycles.